The summed E-state index contributed by atoms with van der Waals surface area (Å²) in [6, 6.07) is 5.19. The van der Waals surface area contributed by atoms with Gasteiger partial charge in [-0.2, -0.15) is 10.2 Å². The number of allylic oxidation sites excluding steroid dienone is 1. The number of hydrogen-bond acceptors (Lipinski definition) is 3. The van der Waals surface area contributed by atoms with Crippen LogP contribution < -0.4 is 5.32 Å². The maximum absolute atomic E-state index is 15.0. The minimum atomic E-state index is -1.08. The van der Waals surface area contributed by atoms with Crippen molar-refractivity contribution in [3.05, 3.63) is 53.6 Å². The Morgan fingerprint density at radius 2 is 2.20 bits per heavy atom. The Kier molecular flexibility index (Phi) is 4.14. The molecule has 0 bridgehead atoms. The predicted octanol–water partition coefficient (Wildman–Crippen LogP) is 5.00. The minimum Gasteiger partial charge on any atom is -0.309 e. The number of aromatic nitrogens is 4. The van der Waals surface area contributed by atoms with E-state index in [1.807, 2.05) is 0 Å². The first-order chi connectivity index (χ1) is 14.3. The van der Waals surface area contributed by atoms with Crippen molar-refractivity contribution in [3.63, 3.8) is 0 Å². The van der Waals surface area contributed by atoms with Gasteiger partial charge in [-0.05, 0) is 36.6 Å². The molecule has 152 valence electrons. The molecule has 2 N–H and O–H groups in total. The first-order valence-electron chi connectivity index (χ1n) is 9.29. The van der Waals surface area contributed by atoms with Crippen LogP contribution in [0.4, 0.5) is 14.6 Å². The second-order valence-electron chi connectivity index (χ2n) is 7.48. The van der Waals surface area contributed by atoms with Gasteiger partial charge >= 0.3 is 0 Å². The molecule has 1 aliphatic carbocycles. The van der Waals surface area contributed by atoms with Crippen LogP contribution in [0.15, 0.2) is 37.2 Å². The number of fused-ring (bicyclic) bond motifs is 2. The summed E-state index contributed by atoms with van der Waals surface area (Å²) in [5.74, 6) is -1.23. The lowest BCUT2D eigenvalue weighted by Gasteiger charge is -2.12. The van der Waals surface area contributed by atoms with Crippen molar-refractivity contribution in [2.75, 3.05) is 5.32 Å². The lowest BCUT2D eigenvalue weighted by atomic mass is 9.96. The van der Waals surface area contributed by atoms with Crippen LogP contribution in [0.3, 0.4) is 0 Å². The number of pyridine rings is 1. The van der Waals surface area contributed by atoms with E-state index in [1.54, 1.807) is 42.0 Å². The number of halogens is 3. The Hall–Kier alpha value is -3.26. The molecule has 0 saturated heterocycles. The molecule has 30 heavy (non-hydrogen) atoms. The zero-order valence-corrected chi connectivity index (χ0v) is 16.6. The van der Waals surface area contributed by atoms with E-state index in [0.717, 1.165) is 0 Å². The van der Waals surface area contributed by atoms with Crippen molar-refractivity contribution < 1.29 is 13.6 Å². The van der Waals surface area contributed by atoms with Crippen LogP contribution in [0, 0.1) is 11.7 Å². The summed E-state index contributed by atoms with van der Waals surface area (Å²) in [7, 11) is 0. The van der Waals surface area contributed by atoms with Crippen LogP contribution in [0.5, 0.6) is 0 Å². The molecule has 9 heteroatoms. The average Bonchev–Trinajstić information content (AvgIpc) is 3.08. The third kappa shape index (κ3) is 2.87. The van der Waals surface area contributed by atoms with E-state index in [2.05, 4.69) is 27.2 Å². The highest BCUT2D eigenvalue weighted by Gasteiger charge is 2.43. The van der Waals surface area contributed by atoms with E-state index < -0.39 is 17.9 Å². The number of H-pyrrole nitrogens is 1. The minimum absolute atomic E-state index is 0.0259. The first-order valence-corrected chi connectivity index (χ1v) is 9.67. The summed E-state index contributed by atoms with van der Waals surface area (Å²) in [4.78, 5) is 12.0. The maximum atomic E-state index is 15.0. The van der Waals surface area contributed by atoms with Crippen molar-refractivity contribution in [2.45, 2.75) is 19.5 Å². The van der Waals surface area contributed by atoms with Crippen LogP contribution in [0.25, 0.3) is 33.1 Å². The van der Waals surface area contributed by atoms with Gasteiger partial charge in [0.15, 0.2) is 11.6 Å². The van der Waals surface area contributed by atoms with Crippen LogP contribution in [-0.4, -0.2) is 31.9 Å². The normalized spacial score (nSPS) is 18.1. The Morgan fingerprint density at radius 1 is 1.43 bits per heavy atom. The molecule has 0 aliphatic heterocycles. The van der Waals surface area contributed by atoms with Gasteiger partial charge in [0.05, 0.1) is 28.2 Å². The number of carbonyl (C=O) groups is 1. The predicted molar refractivity (Wildman–Crippen MR) is 112 cm³/mol. The molecular weight excluding hydrogens is 412 g/mol. The van der Waals surface area contributed by atoms with E-state index in [9.17, 15) is 9.18 Å². The molecule has 4 aromatic rings. The van der Waals surface area contributed by atoms with Crippen LogP contribution in [0.2, 0.25) is 5.02 Å². The van der Waals surface area contributed by atoms with Crippen molar-refractivity contribution in [2.24, 2.45) is 5.92 Å². The Balaban J connectivity index is 1.60. The van der Waals surface area contributed by atoms with Gasteiger partial charge in [-0.1, -0.05) is 18.2 Å². The number of hydrogen-bond donors (Lipinski definition) is 2. The molecule has 1 fully saturated rings. The second-order valence-corrected chi connectivity index (χ2v) is 7.86. The lowest BCUT2D eigenvalue weighted by Crippen LogP contribution is -2.15. The van der Waals surface area contributed by atoms with Gasteiger partial charge in [-0.3, -0.25) is 9.89 Å². The van der Waals surface area contributed by atoms with Gasteiger partial charge in [-0.15, -0.1) is 0 Å². The molecule has 5 rings (SSSR count). The topological polar surface area (TPSA) is 75.1 Å². The summed E-state index contributed by atoms with van der Waals surface area (Å²) < 4.78 is 29.7. The zero-order valence-electron chi connectivity index (χ0n) is 15.8. The molecule has 1 aliphatic rings. The largest absolute Gasteiger partial charge is 0.309 e. The number of benzene rings is 1. The van der Waals surface area contributed by atoms with Gasteiger partial charge in [0.2, 0.25) is 5.91 Å². The van der Waals surface area contributed by atoms with Gasteiger partial charge < -0.3 is 5.32 Å². The molecular formula is C21H16ClF2N5O. The highest BCUT2D eigenvalue weighted by Crippen LogP contribution is 2.41. The van der Waals surface area contributed by atoms with E-state index in [0.29, 0.717) is 44.5 Å². The van der Waals surface area contributed by atoms with Crippen molar-refractivity contribution in [1.29, 1.82) is 0 Å². The standard InChI is InChI=1S/C21H16ClF2N5O/c1-9(2)16-19(24)18(22)17(13-8-25-27-20(13)16)10-3-4-29-11(5-10)6-15(28-29)26-21(30)12-7-14(12)23/h3-6,8,12,14H,1,7H2,2H3,(H,25,27)(H,26,28,30). The average molecular weight is 428 g/mol. The molecule has 1 amide bonds. The van der Waals surface area contributed by atoms with Crippen LogP contribution in [0.1, 0.15) is 18.9 Å². The van der Waals surface area contributed by atoms with Gasteiger partial charge in [-0.25, -0.2) is 13.3 Å². The third-order valence-electron chi connectivity index (χ3n) is 5.27. The molecule has 6 nitrogen and oxygen atoms in total. The fourth-order valence-electron chi connectivity index (χ4n) is 3.66. The summed E-state index contributed by atoms with van der Waals surface area (Å²) in [6.45, 7) is 5.54. The van der Waals surface area contributed by atoms with Crippen molar-refractivity contribution >= 4 is 45.3 Å². The fraction of sp³-hybridized carbons (Fsp3) is 0.190. The Labute approximate surface area is 174 Å². The number of nitrogens with one attached hydrogen (secondary N) is 2. The summed E-state index contributed by atoms with van der Waals surface area (Å²) in [5.41, 5.74) is 3.18. The fourth-order valence-corrected chi connectivity index (χ4v) is 3.97. The lowest BCUT2D eigenvalue weighted by molar-refractivity contribution is -0.117. The molecule has 2 atom stereocenters. The van der Waals surface area contributed by atoms with Gasteiger partial charge in [0.1, 0.15) is 6.17 Å². The molecule has 0 spiro atoms. The number of nitrogens with zero attached hydrogens (tertiary/aromatic N) is 3. The number of alkyl halides is 1. The van der Waals surface area contributed by atoms with E-state index in [1.165, 1.54) is 0 Å². The zero-order chi connectivity index (χ0) is 21.2. The SMILES string of the molecule is C=C(C)c1c(F)c(Cl)c(-c2ccn3nc(NC(=O)C4CC4F)cc3c2)c2cn[nH]c12. The third-order valence-corrected chi connectivity index (χ3v) is 5.62. The van der Waals surface area contributed by atoms with Gasteiger partial charge in [0, 0.05) is 28.8 Å². The van der Waals surface area contributed by atoms with E-state index in [4.69, 9.17) is 11.6 Å². The first kappa shape index (κ1) is 18.7. The Bertz CT molecular complexity index is 1360. The summed E-state index contributed by atoms with van der Waals surface area (Å²) >= 11 is 6.42. The number of amides is 1. The molecule has 2 unspecified atom stereocenters. The van der Waals surface area contributed by atoms with E-state index >= 15 is 4.39 Å². The highest BCUT2D eigenvalue weighted by molar-refractivity contribution is 6.35. The maximum Gasteiger partial charge on any atom is 0.231 e. The molecule has 3 aromatic heterocycles. The quantitative estimate of drug-likeness (QED) is 0.481. The van der Waals surface area contributed by atoms with Gasteiger partial charge in [0.25, 0.3) is 0 Å². The number of aromatic amines is 1. The second kappa shape index (κ2) is 6.63. The summed E-state index contributed by atoms with van der Waals surface area (Å²) in [6.07, 6.45) is 2.44. The molecule has 3 heterocycles. The number of rotatable bonds is 4. The molecule has 1 aromatic carbocycles. The van der Waals surface area contributed by atoms with Crippen molar-refractivity contribution in [1.82, 2.24) is 19.8 Å². The molecule has 1 saturated carbocycles. The van der Waals surface area contributed by atoms with Crippen molar-refractivity contribution in [3.8, 4) is 11.1 Å². The van der Waals surface area contributed by atoms with Crippen LogP contribution in [-0.2, 0) is 4.79 Å². The number of carbonyl (C=O) groups excluding carboxylic acids is 1. The number of anilines is 1. The Morgan fingerprint density at radius 3 is 2.90 bits per heavy atom. The van der Waals surface area contributed by atoms with E-state index in [-0.39, 0.29) is 17.4 Å². The summed E-state index contributed by atoms with van der Waals surface area (Å²) in [5, 5.41) is 14.4. The highest BCUT2D eigenvalue weighted by atomic mass is 35.5. The monoisotopic (exact) mass is 427 g/mol. The molecule has 0 radical (unpaired) electrons. The smallest absolute Gasteiger partial charge is 0.231 e. The van der Waals surface area contributed by atoms with Crippen LogP contribution >= 0.6 is 11.6 Å².